The maximum Gasteiger partial charge on any atom is 0.308 e. The van der Waals surface area contributed by atoms with E-state index in [9.17, 15) is 14.7 Å². The number of carboxylic acid groups (broad SMARTS) is 1. The highest BCUT2D eigenvalue weighted by atomic mass is 16.4. The number of piperidine rings is 1. The molecule has 2 aliphatic rings. The molecule has 1 aromatic carbocycles. The summed E-state index contributed by atoms with van der Waals surface area (Å²) in [6.45, 7) is 3.07. The van der Waals surface area contributed by atoms with Crippen LogP contribution in [-0.2, 0) is 15.0 Å². The monoisotopic (exact) mass is 301 g/mol. The number of nitrogens with zero attached hydrogens (tertiary/aromatic N) is 1. The van der Waals surface area contributed by atoms with E-state index in [0.717, 1.165) is 24.8 Å². The second-order valence-corrected chi connectivity index (χ2v) is 6.89. The van der Waals surface area contributed by atoms with E-state index >= 15 is 0 Å². The zero-order chi connectivity index (χ0) is 15.7. The minimum absolute atomic E-state index is 0.128. The van der Waals surface area contributed by atoms with Crippen molar-refractivity contribution in [2.75, 3.05) is 13.1 Å². The fourth-order valence-corrected chi connectivity index (χ4v) is 3.91. The third-order valence-electron chi connectivity index (χ3n) is 5.24. The number of hydrogen-bond donors (Lipinski definition) is 1. The van der Waals surface area contributed by atoms with Gasteiger partial charge in [-0.2, -0.15) is 0 Å². The van der Waals surface area contributed by atoms with Gasteiger partial charge in [0.15, 0.2) is 0 Å². The largest absolute Gasteiger partial charge is 0.481 e. The summed E-state index contributed by atoms with van der Waals surface area (Å²) in [4.78, 5) is 26.3. The van der Waals surface area contributed by atoms with Gasteiger partial charge in [-0.15, -0.1) is 0 Å². The lowest BCUT2D eigenvalue weighted by Gasteiger charge is -2.46. The topological polar surface area (TPSA) is 57.6 Å². The normalized spacial score (nSPS) is 27.0. The van der Waals surface area contributed by atoms with Crippen molar-refractivity contribution in [1.29, 1.82) is 0 Å². The molecule has 1 saturated heterocycles. The van der Waals surface area contributed by atoms with Crippen molar-refractivity contribution in [1.82, 2.24) is 4.90 Å². The first-order chi connectivity index (χ1) is 10.5. The Morgan fingerprint density at radius 1 is 1.18 bits per heavy atom. The lowest BCUT2D eigenvalue weighted by atomic mass is 9.63. The Morgan fingerprint density at radius 2 is 1.86 bits per heavy atom. The minimum atomic E-state index is -0.785. The Kier molecular flexibility index (Phi) is 3.94. The molecule has 1 heterocycles. The van der Waals surface area contributed by atoms with Crippen molar-refractivity contribution in [3.8, 4) is 0 Å². The number of amides is 1. The molecule has 1 amide bonds. The quantitative estimate of drug-likeness (QED) is 0.934. The van der Waals surface area contributed by atoms with Crippen LogP contribution in [0.3, 0.4) is 0 Å². The number of rotatable bonds is 3. The zero-order valence-corrected chi connectivity index (χ0v) is 13.0. The molecular weight excluding hydrogens is 278 g/mol. The average molecular weight is 301 g/mol. The summed E-state index contributed by atoms with van der Waals surface area (Å²) in [7, 11) is 0. The fraction of sp³-hybridized carbons (Fsp3) is 0.556. The third-order valence-corrected chi connectivity index (χ3v) is 5.24. The van der Waals surface area contributed by atoms with E-state index < -0.39 is 17.3 Å². The molecule has 22 heavy (non-hydrogen) atoms. The van der Waals surface area contributed by atoms with Gasteiger partial charge in [0, 0.05) is 13.1 Å². The summed E-state index contributed by atoms with van der Waals surface area (Å²) < 4.78 is 0. The highest BCUT2D eigenvalue weighted by Gasteiger charge is 2.48. The van der Waals surface area contributed by atoms with Gasteiger partial charge in [-0.25, -0.2) is 0 Å². The Balaban J connectivity index is 1.84. The number of hydrogen-bond acceptors (Lipinski definition) is 2. The Hall–Kier alpha value is -1.84. The second kappa shape index (κ2) is 5.75. The Labute approximate surface area is 131 Å². The lowest BCUT2D eigenvalue weighted by molar-refractivity contribution is -0.150. The van der Waals surface area contributed by atoms with Gasteiger partial charge < -0.3 is 10.0 Å². The predicted octanol–water partition coefficient (Wildman–Crippen LogP) is 2.68. The smallest absolute Gasteiger partial charge is 0.308 e. The van der Waals surface area contributed by atoms with Gasteiger partial charge in [0.2, 0.25) is 5.91 Å². The first kappa shape index (κ1) is 15.1. The van der Waals surface area contributed by atoms with E-state index in [0.29, 0.717) is 19.5 Å². The van der Waals surface area contributed by atoms with Crippen molar-refractivity contribution in [2.24, 2.45) is 11.8 Å². The molecule has 118 valence electrons. The van der Waals surface area contributed by atoms with Crippen molar-refractivity contribution >= 4 is 11.9 Å². The van der Waals surface area contributed by atoms with Gasteiger partial charge in [0.1, 0.15) is 0 Å². The molecule has 0 aromatic heterocycles. The second-order valence-electron chi connectivity index (χ2n) is 6.89. The molecular formula is C18H23NO3. The molecule has 4 heteroatoms. The Morgan fingerprint density at radius 3 is 2.41 bits per heavy atom. The SMILES string of the molecule is CC1CC(C(=O)O)CN(C(=O)C2(c3ccccc3)CCC2)C1. The molecule has 0 spiro atoms. The Bertz CT molecular complexity index is 565. The van der Waals surface area contributed by atoms with Crippen LogP contribution < -0.4 is 0 Å². The molecule has 4 nitrogen and oxygen atoms in total. The van der Waals surface area contributed by atoms with Crippen molar-refractivity contribution in [3.05, 3.63) is 35.9 Å². The number of carbonyl (C=O) groups is 2. The van der Waals surface area contributed by atoms with Crippen molar-refractivity contribution < 1.29 is 14.7 Å². The molecule has 2 unspecified atom stereocenters. The van der Waals surface area contributed by atoms with Crippen LogP contribution in [0, 0.1) is 11.8 Å². The van der Waals surface area contributed by atoms with Crippen LogP contribution in [0.25, 0.3) is 0 Å². The minimum Gasteiger partial charge on any atom is -0.481 e. The molecule has 1 N–H and O–H groups in total. The molecule has 1 aliphatic carbocycles. The summed E-state index contributed by atoms with van der Waals surface area (Å²) in [6, 6.07) is 9.96. The molecule has 0 radical (unpaired) electrons. The van der Waals surface area contributed by atoms with E-state index in [1.807, 2.05) is 37.3 Å². The first-order valence-electron chi connectivity index (χ1n) is 8.10. The summed E-state index contributed by atoms with van der Waals surface area (Å²) in [5.41, 5.74) is 0.665. The van der Waals surface area contributed by atoms with E-state index in [-0.39, 0.29) is 11.8 Å². The number of carbonyl (C=O) groups excluding carboxylic acids is 1. The van der Waals surface area contributed by atoms with Gasteiger partial charge in [-0.3, -0.25) is 9.59 Å². The van der Waals surface area contributed by atoms with Gasteiger partial charge in [-0.1, -0.05) is 43.7 Å². The van der Waals surface area contributed by atoms with E-state index in [2.05, 4.69) is 0 Å². The van der Waals surface area contributed by atoms with Gasteiger partial charge >= 0.3 is 5.97 Å². The van der Waals surface area contributed by atoms with Crippen LogP contribution in [0.2, 0.25) is 0 Å². The van der Waals surface area contributed by atoms with Crippen molar-refractivity contribution in [3.63, 3.8) is 0 Å². The predicted molar refractivity (Wildman–Crippen MR) is 83.5 cm³/mol. The van der Waals surface area contributed by atoms with E-state index in [1.54, 1.807) is 4.90 Å². The molecule has 3 rings (SSSR count). The highest BCUT2D eigenvalue weighted by molar-refractivity contribution is 5.90. The number of carboxylic acids is 1. The van der Waals surface area contributed by atoms with Gasteiger partial charge in [-0.05, 0) is 30.7 Å². The van der Waals surface area contributed by atoms with Crippen molar-refractivity contribution in [2.45, 2.75) is 38.0 Å². The van der Waals surface area contributed by atoms with Crippen LogP contribution in [0.5, 0.6) is 0 Å². The summed E-state index contributed by atoms with van der Waals surface area (Å²) in [5, 5.41) is 9.31. The van der Waals surface area contributed by atoms with E-state index in [4.69, 9.17) is 0 Å². The summed E-state index contributed by atoms with van der Waals surface area (Å²) >= 11 is 0. The first-order valence-corrected chi connectivity index (χ1v) is 8.10. The number of benzene rings is 1. The van der Waals surface area contributed by atoms with Crippen LogP contribution in [0.1, 0.15) is 38.2 Å². The number of likely N-dealkylation sites (tertiary alicyclic amines) is 1. The van der Waals surface area contributed by atoms with Gasteiger partial charge in [0.05, 0.1) is 11.3 Å². The molecule has 2 atom stereocenters. The van der Waals surface area contributed by atoms with Gasteiger partial charge in [0.25, 0.3) is 0 Å². The molecule has 1 saturated carbocycles. The van der Waals surface area contributed by atoms with E-state index in [1.165, 1.54) is 0 Å². The summed E-state index contributed by atoms with van der Waals surface area (Å²) in [5.74, 6) is -0.846. The highest BCUT2D eigenvalue weighted by Crippen LogP contribution is 2.45. The maximum absolute atomic E-state index is 13.1. The molecule has 0 bridgehead atoms. The van der Waals surface area contributed by atoms with Crippen LogP contribution in [0.15, 0.2) is 30.3 Å². The average Bonchev–Trinajstić information content (AvgIpc) is 2.46. The third kappa shape index (κ3) is 2.51. The van der Waals surface area contributed by atoms with Crippen LogP contribution in [-0.4, -0.2) is 35.0 Å². The maximum atomic E-state index is 13.1. The fourth-order valence-electron chi connectivity index (χ4n) is 3.91. The van der Waals surface area contributed by atoms with Crippen LogP contribution >= 0.6 is 0 Å². The van der Waals surface area contributed by atoms with Crippen LogP contribution in [0.4, 0.5) is 0 Å². The number of aliphatic carboxylic acids is 1. The molecule has 1 aliphatic heterocycles. The standard InChI is InChI=1S/C18H23NO3/c1-13-10-14(16(20)21)12-19(11-13)17(22)18(8-5-9-18)15-6-3-2-4-7-15/h2-4,6-7,13-14H,5,8-12H2,1H3,(H,20,21). The molecule has 1 aromatic rings. The summed E-state index contributed by atoms with van der Waals surface area (Å²) in [6.07, 6.45) is 3.47. The molecule has 2 fully saturated rings. The zero-order valence-electron chi connectivity index (χ0n) is 13.0. The lowest BCUT2D eigenvalue weighted by Crippen LogP contribution is -2.55.